The van der Waals surface area contributed by atoms with E-state index in [4.69, 9.17) is 4.98 Å². The van der Waals surface area contributed by atoms with Gasteiger partial charge in [-0.3, -0.25) is 4.98 Å². The van der Waals surface area contributed by atoms with E-state index in [1.807, 2.05) is 66.7 Å². The summed E-state index contributed by atoms with van der Waals surface area (Å²) in [6.07, 6.45) is -8.02. The SMILES string of the molecule is FC(F)(F)c1cc(-c2ccc(-c3ccc4cc(-c5ccc(-c6nc7ccccc7s6)cc5)cnc4c3)cc2)cc(C(F)(F)F)c1. The van der Waals surface area contributed by atoms with Crippen LogP contribution in [0.4, 0.5) is 26.3 Å². The fraction of sp³-hybridized carbons (Fsp3) is 0.0556. The summed E-state index contributed by atoms with van der Waals surface area (Å²) in [5, 5.41) is 1.88. The zero-order valence-electron chi connectivity index (χ0n) is 23.1. The van der Waals surface area contributed by atoms with Gasteiger partial charge in [-0.2, -0.15) is 26.3 Å². The number of aromatic nitrogens is 2. The molecule has 0 radical (unpaired) electrons. The number of benzene rings is 5. The third kappa shape index (κ3) is 5.79. The first-order valence-electron chi connectivity index (χ1n) is 13.8. The van der Waals surface area contributed by atoms with Gasteiger partial charge in [-0.15, -0.1) is 11.3 Å². The van der Waals surface area contributed by atoms with Crippen molar-refractivity contribution in [1.82, 2.24) is 9.97 Å². The molecule has 2 nitrogen and oxygen atoms in total. The largest absolute Gasteiger partial charge is 0.416 e. The normalized spacial score (nSPS) is 12.2. The molecule has 45 heavy (non-hydrogen) atoms. The van der Waals surface area contributed by atoms with E-state index in [-0.39, 0.29) is 17.2 Å². The number of nitrogens with zero attached hydrogens (tertiary/aromatic N) is 2. The summed E-state index contributed by atoms with van der Waals surface area (Å²) in [7, 11) is 0. The van der Waals surface area contributed by atoms with Crippen molar-refractivity contribution in [1.29, 1.82) is 0 Å². The molecule has 222 valence electrons. The summed E-state index contributed by atoms with van der Waals surface area (Å²) in [6.45, 7) is 0. The van der Waals surface area contributed by atoms with Crippen LogP contribution >= 0.6 is 11.3 Å². The zero-order valence-corrected chi connectivity index (χ0v) is 23.9. The van der Waals surface area contributed by atoms with Crippen LogP contribution in [-0.2, 0) is 12.4 Å². The zero-order chi connectivity index (χ0) is 31.3. The van der Waals surface area contributed by atoms with Gasteiger partial charge in [-0.1, -0.05) is 72.8 Å². The standard InChI is InChI=1S/C36H20F6N2S/c37-35(38,39)29-16-27(17-30(19-29)36(40,41)42)22-7-5-21(6-8-22)25-13-14-26-15-28(20-43-32(26)18-25)23-9-11-24(12-10-23)34-44-31-3-1-2-4-33(31)45-34/h1-20H. The second kappa shape index (κ2) is 10.9. The molecular formula is C36H20F6N2S. The van der Waals surface area contributed by atoms with Crippen LogP contribution in [0.25, 0.3) is 65.1 Å². The number of alkyl halides is 6. The summed E-state index contributed by atoms with van der Waals surface area (Å²) in [6, 6.07) is 32.0. The highest BCUT2D eigenvalue weighted by atomic mass is 32.1. The minimum atomic E-state index is -4.91. The average Bonchev–Trinajstić information content (AvgIpc) is 3.48. The van der Waals surface area contributed by atoms with E-state index < -0.39 is 23.5 Å². The van der Waals surface area contributed by atoms with Crippen LogP contribution in [0, 0.1) is 0 Å². The average molecular weight is 627 g/mol. The molecule has 0 saturated carbocycles. The maximum absolute atomic E-state index is 13.3. The summed E-state index contributed by atoms with van der Waals surface area (Å²) in [5.74, 6) is 0. The van der Waals surface area contributed by atoms with Crippen LogP contribution in [0.1, 0.15) is 11.1 Å². The van der Waals surface area contributed by atoms with Gasteiger partial charge in [0.1, 0.15) is 5.01 Å². The van der Waals surface area contributed by atoms with Gasteiger partial charge < -0.3 is 0 Å². The van der Waals surface area contributed by atoms with Crippen molar-refractivity contribution in [3.05, 3.63) is 133 Å². The highest BCUT2D eigenvalue weighted by molar-refractivity contribution is 7.21. The Balaban J connectivity index is 1.14. The number of pyridine rings is 1. The van der Waals surface area contributed by atoms with Crippen LogP contribution in [0.2, 0.25) is 0 Å². The Labute approximate surface area is 257 Å². The van der Waals surface area contributed by atoms with E-state index >= 15 is 0 Å². The molecule has 0 spiro atoms. The van der Waals surface area contributed by atoms with Crippen molar-refractivity contribution >= 4 is 32.5 Å². The van der Waals surface area contributed by atoms with Crippen molar-refractivity contribution < 1.29 is 26.3 Å². The molecule has 2 aromatic heterocycles. The molecule has 7 aromatic rings. The van der Waals surface area contributed by atoms with Gasteiger partial charge in [-0.25, -0.2) is 4.98 Å². The van der Waals surface area contributed by atoms with Gasteiger partial charge in [0.25, 0.3) is 0 Å². The lowest BCUT2D eigenvalue weighted by Gasteiger charge is -2.14. The fourth-order valence-electron chi connectivity index (χ4n) is 5.24. The molecular weight excluding hydrogens is 606 g/mol. The third-order valence-electron chi connectivity index (χ3n) is 7.58. The van der Waals surface area contributed by atoms with Crippen LogP contribution in [0.5, 0.6) is 0 Å². The van der Waals surface area contributed by atoms with E-state index in [1.54, 1.807) is 29.7 Å². The molecule has 9 heteroatoms. The lowest BCUT2D eigenvalue weighted by atomic mass is 9.96. The molecule has 0 aliphatic heterocycles. The minimum absolute atomic E-state index is 0.130. The first-order chi connectivity index (χ1) is 21.5. The number of hydrogen-bond donors (Lipinski definition) is 0. The topological polar surface area (TPSA) is 25.8 Å². The smallest absolute Gasteiger partial charge is 0.256 e. The Bertz CT molecular complexity index is 2120. The molecule has 0 saturated heterocycles. The molecule has 0 fully saturated rings. The molecule has 0 amide bonds. The van der Waals surface area contributed by atoms with Gasteiger partial charge in [0.15, 0.2) is 0 Å². The van der Waals surface area contributed by atoms with Crippen LogP contribution in [0.15, 0.2) is 121 Å². The van der Waals surface area contributed by atoms with Gasteiger partial charge in [-0.05, 0) is 70.3 Å². The number of para-hydroxylation sites is 1. The quantitative estimate of drug-likeness (QED) is 0.182. The maximum Gasteiger partial charge on any atom is 0.416 e. The lowest BCUT2D eigenvalue weighted by molar-refractivity contribution is -0.143. The molecule has 0 bridgehead atoms. The monoisotopic (exact) mass is 626 g/mol. The van der Waals surface area contributed by atoms with E-state index in [1.165, 1.54) is 12.1 Å². The highest BCUT2D eigenvalue weighted by Crippen LogP contribution is 2.39. The first kappa shape index (κ1) is 28.7. The van der Waals surface area contributed by atoms with Crippen LogP contribution < -0.4 is 0 Å². The molecule has 7 rings (SSSR count). The summed E-state index contributed by atoms with van der Waals surface area (Å²) in [4.78, 5) is 9.39. The molecule has 0 unspecified atom stereocenters. The Hall–Kier alpha value is -5.02. The molecule has 2 heterocycles. The van der Waals surface area contributed by atoms with E-state index in [0.29, 0.717) is 0 Å². The lowest BCUT2D eigenvalue weighted by Crippen LogP contribution is -2.11. The van der Waals surface area contributed by atoms with Crippen LogP contribution in [0.3, 0.4) is 0 Å². The highest BCUT2D eigenvalue weighted by Gasteiger charge is 2.37. The fourth-order valence-corrected chi connectivity index (χ4v) is 6.21. The van der Waals surface area contributed by atoms with Crippen molar-refractivity contribution in [2.24, 2.45) is 0 Å². The molecule has 5 aromatic carbocycles. The van der Waals surface area contributed by atoms with Gasteiger partial charge in [0, 0.05) is 22.7 Å². The minimum Gasteiger partial charge on any atom is -0.256 e. The van der Waals surface area contributed by atoms with Gasteiger partial charge >= 0.3 is 12.4 Å². The van der Waals surface area contributed by atoms with Gasteiger partial charge in [0.2, 0.25) is 0 Å². The van der Waals surface area contributed by atoms with Crippen molar-refractivity contribution in [2.45, 2.75) is 12.4 Å². The van der Waals surface area contributed by atoms with E-state index in [0.717, 1.165) is 66.1 Å². The van der Waals surface area contributed by atoms with Crippen molar-refractivity contribution in [3.63, 3.8) is 0 Å². The van der Waals surface area contributed by atoms with Crippen molar-refractivity contribution in [2.75, 3.05) is 0 Å². The number of halogens is 6. The number of hydrogen-bond acceptors (Lipinski definition) is 3. The molecule has 0 aliphatic carbocycles. The summed E-state index contributed by atoms with van der Waals surface area (Å²) >= 11 is 1.65. The predicted octanol–water partition coefficient (Wildman–Crippen LogP) is 11.6. The van der Waals surface area contributed by atoms with Crippen molar-refractivity contribution in [3.8, 4) is 44.0 Å². The summed E-state index contributed by atoms with van der Waals surface area (Å²) in [5.41, 5.74) is 3.68. The van der Waals surface area contributed by atoms with E-state index in [2.05, 4.69) is 11.1 Å². The Kier molecular flexibility index (Phi) is 6.93. The first-order valence-corrected chi connectivity index (χ1v) is 14.6. The molecule has 0 aliphatic rings. The van der Waals surface area contributed by atoms with Crippen LogP contribution in [-0.4, -0.2) is 9.97 Å². The number of fused-ring (bicyclic) bond motifs is 2. The second-order valence-electron chi connectivity index (χ2n) is 10.6. The molecule has 0 atom stereocenters. The molecule has 0 N–H and O–H groups in total. The number of rotatable bonds is 4. The Morgan fingerprint density at radius 3 is 1.64 bits per heavy atom. The predicted molar refractivity (Wildman–Crippen MR) is 167 cm³/mol. The summed E-state index contributed by atoms with van der Waals surface area (Å²) < 4.78 is 81.1. The Morgan fingerprint density at radius 2 is 1.02 bits per heavy atom. The maximum atomic E-state index is 13.3. The Morgan fingerprint density at radius 1 is 0.467 bits per heavy atom. The van der Waals surface area contributed by atoms with Gasteiger partial charge in [0.05, 0.1) is 26.9 Å². The number of thiazole rings is 1. The van der Waals surface area contributed by atoms with E-state index in [9.17, 15) is 26.3 Å². The third-order valence-corrected chi connectivity index (χ3v) is 8.67. The second-order valence-corrected chi connectivity index (χ2v) is 11.6.